The van der Waals surface area contributed by atoms with Crippen LogP contribution in [-0.4, -0.2) is 25.5 Å². The summed E-state index contributed by atoms with van der Waals surface area (Å²) in [4.78, 5) is 12.3. The summed E-state index contributed by atoms with van der Waals surface area (Å²) in [5.41, 5.74) is 0.789. The molecule has 98 valence electrons. The lowest BCUT2D eigenvalue weighted by Gasteiger charge is -2.10. The normalized spacial score (nSPS) is 18.7. The van der Waals surface area contributed by atoms with Gasteiger partial charge in [-0.05, 0) is 48.4 Å². The lowest BCUT2D eigenvalue weighted by Crippen LogP contribution is -2.30. The monoisotopic (exact) mass is 255 g/mol. The van der Waals surface area contributed by atoms with Gasteiger partial charge < -0.3 is 10.1 Å². The first kappa shape index (κ1) is 12.2. The second-order valence-corrected chi connectivity index (χ2v) is 4.94. The third kappa shape index (κ3) is 2.34. The van der Waals surface area contributed by atoms with Crippen molar-refractivity contribution in [1.29, 1.82) is 0 Å². The Labute approximate surface area is 112 Å². The van der Waals surface area contributed by atoms with Gasteiger partial charge in [0.25, 0.3) is 0 Å². The highest BCUT2D eigenvalue weighted by atomic mass is 16.5. The van der Waals surface area contributed by atoms with E-state index in [1.165, 1.54) is 0 Å². The van der Waals surface area contributed by atoms with Crippen LogP contribution in [0.5, 0.6) is 5.75 Å². The van der Waals surface area contributed by atoms with Crippen molar-refractivity contribution >= 4 is 16.6 Å². The number of carbonyl (C=O) groups excluding carboxylic acids is 1. The molecular weight excluding hydrogens is 238 g/mol. The SMILES string of the molecule is COc1ccc2cc(C(=O)C3CCCN3)ccc2c1. The van der Waals surface area contributed by atoms with Crippen LogP contribution in [0, 0.1) is 0 Å². The van der Waals surface area contributed by atoms with Crippen LogP contribution >= 0.6 is 0 Å². The number of rotatable bonds is 3. The number of carbonyl (C=O) groups is 1. The molecule has 3 nitrogen and oxygen atoms in total. The van der Waals surface area contributed by atoms with Gasteiger partial charge in [-0.2, -0.15) is 0 Å². The molecular formula is C16H17NO2. The number of hydrogen-bond donors (Lipinski definition) is 1. The number of ketones is 1. The second kappa shape index (κ2) is 5.02. The summed E-state index contributed by atoms with van der Waals surface area (Å²) in [6.45, 7) is 0.946. The second-order valence-electron chi connectivity index (χ2n) is 4.94. The Balaban J connectivity index is 1.95. The van der Waals surface area contributed by atoms with Gasteiger partial charge in [-0.15, -0.1) is 0 Å². The fourth-order valence-electron chi connectivity index (χ4n) is 2.61. The van der Waals surface area contributed by atoms with Crippen LogP contribution in [0.2, 0.25) is 0 Å². The average Bonchev–Trinajstić information content (AvgIpc) is 2.99. The number of methoxy groups -OCH3 is 1. The zero-order chi connectivity index (χ0) is 13.2. The summed E-state index contributed by atoms with van der Waals surface area (Å²) in [5.74, 6) is 1.04. The largest absolute Gasteiger partial charge is 0.497 e. The Morgan fingerprint density at radius 2 is 2.00 bits per heavy atom. The fraction of sp³-hybridized carbons (Fsp3) is 0.312. The van der Waals surface area contributed by atoms with Gasteiger partial charge in [0.15, 0.2) is 5.78 Å². The maximum atomic E-state index is 12.3. The number of benzene rings is 2. The Bertz CT molecular complexity index is 615. The van der Waals surface area contributed by atoms with Gasteiger partial charge in [-0.3, -0.25) is 4.79 Å². The maximum Gasteiger partial charge on any atom is 0.179 e. The number of ether oxygens (including phenoxy) is 1. The van der Waals surface area contributed by atoms with E-state index < -0.39 is 0 Å². The zero-order valence-corrected chi connectivity index (χ0v) is 11.0. The summed E-state index contributed by atoms with van der Waals surface area (Å²) in [7, 11) is 1.66. The quantitative estimate of drug-likeness (QED) is 0.857. The van der Waals surface area contributed by atoms with Crippen molar-refractivity contribution in [2.75, 3.05) is 13.7 Å². The third-order valence-corrected chi connectivity index (χ3v) is 3.71. The molecule has 0 bridgehead atoms. The first-order valence-corrected chi connectivity index (χ1v) is 6.63. The minimum atomic E-state index is -0.00398. The van der Waals surface area contributed by atoms with Gasteiger partial charge in [-0.1, -0.05) is 18.2 Å². The van der Waals surface area contributed by atoms with E-state index in [0.717, 1.165) is 41.5 Å². The average molecular weight is 255 g/mol. The van der Waals surface area contributed by atoms with E-state index in [2.05, 4.69) is 5.32 Å². The van der Waals surface area contributed by atoms with Gasteiger partial charge in [0.1, 0.15) is 5.75 Å². The van der Waals surface area contributed by atoms with E-state index in [1.54, 1.807) is 7.11 Å². The van der Waals surface area contributed by atoms with Crippen molar-refractivity contribution in [2.24, 2.45) is 0 Å². The van der Waals surface area contributed by atoms with E-state index in [4.69, 9.17) is 4.74 Å². The van der Waals surface area contributed by atoms with Crippen molar-refractivity contribution in [3.05, 3.63) is 42.0 Å². The number of nitrogens with one attached hydrogen (secondary N) is 1. The van der Waals surface area contributed by atoms with E-state index in [0.29, 0.717) is 0 Å². The Hall–Kier alpha value is -1.87. The first-order valence-electron chi connectivity index (χ1n) is 6.63. The van der Waals surface area contributed by atoms with Gasteiger partial charge in [0.05, 0.1) is 13.2 Å². The van der Waals surface area contributed by atoms with Crippen molar-refractivity contribution in [1.82, 2.24) is 5.32 Å². The van der Waals surface area contributed by atoms with Crippen LogP contribution in [0.4, 0.5) is 0 Å². The van der Waals surface area contributed by atoms with Crippen molar-refractivity contribution in [3.8, 4) is 5.75 Å². The van der Waals surface area contributed by atoms with Crippen LogP contribution in [-0.2, 0) is 0 Å². The molecule has 0 radical (unpaired) electrons. The van der Waals surface area contributed by atoms with Gasteiger partial charge in [0, 0.05) is 5.56 Å². The molecule has 3 heteroatoms. The summed E-state index contributed by atoms with van der Waals surface area (Å²) < 4.78 is 5.20. The lowest BCUT2D eigenvalue weighted by molar-refractivity contribution is 0.0952. The summed E-state index contributed by atoms with van der Waals surface area (Å²) in [6.07, 6.45) is 2.03. The molecule has 1 saturated heterocycles. The molecule has 3 rings (SSSR count). The third-order valence-electron chi connectivity index (χ3n) is 3.71. The predicted octanol–water partition coefficient (Wildman–Crippen LogP) is 2.78. The van der Waals surface area contributed by atoms with Crippen LogP contribution in [0.15, 0.2) is 36.4 Å². The molecule has 1 aliphatic heterocycles. The number of fused-ring (bicyclic) bond motifs is 1. The van der Waals surface area contributed by atoms with E-state index in [1.807, 2.05) is 36.4 Å². The molecule has 2 aromatic rings. The number of hydrogen-bond acceptors (Lipinski definition) is 3. The lowest BCUT2D eigenvalue weighted by atomic mass is 9.99. The summed E-state index contributed by atoms with van der Waals surface area (Å²) >= 11 is 0. The van der Waals surface area contributed by atoms with Gasteiger partial charge in [0.2, 0.25) is 0 Å². The van der Waals surface area contributed by atoms with Crippen molar-refractivity contribution in [2.45, 2.75) is 18.9 Å². The molecule has 1 fully saturated rings. The van der Waals surface area contributed by atoms with Crippen molar-refractivity contribution in [3.63, 3.8) is 0 Å². The molecule has 0 aromatic heterocycles. The summed E-state index contributed by atoms with van der Waals surface area (Å²) in [6, 6.07) is 11.8. The highest BCUT2D eigenvalue weighted by Crippen LogP contribution is 2.23. The molecule has 19 heavy (non-hydrogen) atoms. The predicted molar refractivity (Wildman–Crippen MR) is 75.9 cm³/mol. The van der Waals surface area contributed by atoms with E-state index in [-0.39, 0.29) is 11.8 Å². The molecule has 1 aliphatic rings. The Morgan fingerprint density at radius 3 is 2.74 bits per heavy atom. The standard InChI is InChI=1S/C16H17NO2/c1-19-14-7-6-11-9-13(5-4-12(11)10-14)16(18)15-3-2-8-17-15/h4-7,9-10,15,17H,2-3,8H2,1H3. The number of Topliss-reactive ketones (excluding diaryl/α,β-unsaturated/α-hetero) is 1. The molecule has 0 saturated carbocycles. The van der Waals surface area contributed by atoms with Crippen LogP contribution in [0.1, 0.15) is 23.2 Å². The molecule has 1 N–H and O–H groups in total. The molecule has 1 heterocycles. The zero-order valence-electron chi connectivity index (χ0n) is 11.0. The van der Waals surface area contributed by atoms with Crippen LogP contribution in [0.25, 0.3) is 10.8 Å². The fourth-order valence-corrected chi connectivity index (χ4v) is 2.61. The minimum absolute atomic E-state index is 0.00398. The molecule has 1 atom stereocenters. The maximum absolute atomic E-state index is 12.3. The Kier molecular flexibility index (Phi) is 3.22. The molecule has 1 unspecified atom stereocenters. The topological polar surface area (TPSA) is 38.3 Å². The first-order chi connectivity index (χ1) is 9.28. The van der Waals surface area contributed by atoms with Crippen LogP contribution in [0.3, 0.4) is 0 Å². The molecule has 2 aromatic carbocycles. The highest BCUT2D eigenvalue weighted by molar-refractivity contribution is 6.03. The molecule has 0 amide bonds. The van der Waals surface area contributed by atoms with E-state index in [9.17, 15) is 4.79 Å². The van der Waals surface area contributed by atoms with Gasteiger partial charge >= 0.3 is 0 Å². The summed E-state index contributed by atoms with van der Waals surface area (Å²) in [5, 5.41) is 5.42. The van der Waals surface area contributed by atoms with Crippen molar-refractivity contribution < 1.29 is 9.53 Å². The molecule has 0 spiro atoms. The van der Waals surface area contributed by atoms with Crippen LogP contribution < -0.4 is 10.1 Å². The smallest absolute Gasteiger partial charge is 0.179 e. The molecule has 0 aliphatic carbocycles. The highest BCUT2D eigenvalue weighted by Gasteiger charge is 2.23. The van der Waals surface area contributed by atoms with E-state index >= 15 is 0 Å². The Morgan fingerprint density at radius 1 is 1.21 bits per heavy atom. The minimum Gasteiger partial charge on any atom is -0.497 e. The van der Waals surface area contributed by atoms with Gasteiger partial charge in [-0.25, -0.2) is 0 Å².